The molecule has 0 saturated heterocycles. The summed E-state index contributed by atoms with van der Waals surface area (Å²) in [4.78, 5) is 23.3. The van der Waals surface area contributed by atoms with Gasteiger partial charge in [0, 0.05) is 11.8 Å². The summed E-state index contributed by atoms with van der Waals surface area (Å²) < 4.78 is 47.1. The number of alkyl halides is 3. The van der Waals surface area contributed by atoms with Crippen LogP contribution in [-0.4, -0.2) is 46.5 Å². The Balaban J connectivity index is 1.92. The Morgan fingerprint density at radius 3 is 2.68 bits per heavy atom. The average molecular weight is 394 g/mol. The van der Waals surface area contributed by atoms with Crippen LogP contribution in [0.3, 0.4) is 0 Å². The van der Waals surface area contributed by atoms with E-state index in [1.165, 1.54) is 42.0 Å². The van der Waals surface area contributed by atoms with Gasteiger partial charge in [-0.05, 0) is 24.3 Å². The molecule has 1 N–H and O–H groups in total. The third-order valence-electron chi connectivity index (χ3n) is 3.61. The van der Waals surface area contributed by atoms with Crippen molar-refractivity contribution in [3.8, 4) is 17.1 Å². The van der Waals surface area contributed by atoms with Crippen molar-refractivity contribution < 1.29 is 32.2 Å². The number of aromatic nitrogens is 3. The van der Waals surface area contributed by atoms with E-state index < -0.39 is 24.0 Å². The van der Waals surface area contributed by atoms with Gasteiger partial charge in [0.05, 0.1) is 12.7 Å². The number of pyridine rings is 1. The van der Waals surface area contributed by atoms with Crippen molar-refractivity contribution in [2.45, 2.75) is 6.36 Å². The minimum absolute atomic E-state index is 0.195. The first kappa shape index (κ1) is 19.1. The standard InChI is InChI=1S/C17H13F3N4O4/c1-27-14(25)8-21-16(26)11-5-6-13-22-23-15(24(13)9-11)10-3-2-4-12(7-10)28-17(18,19)20/h2-7,9H,8H2,1H3,(H,21,26). The van der Waals surface area contributed by atoms with E-state index >= 15 is 0 Å². The smallest absolute Gasteiger partial charge is 0.468 e. The molecule has 0 aliphatic carbocycles. The number of benzene rings is 1. The van der Waals surface area contributed by atoms with Gasteiger partial charge >= 0.3 is 12.3 Å². The van der Waals surface area contributed by atoms with E-state index in [2.05, 4.69) is 25.0 Å². The number of fused-ring (bicyclic) bond motifs is 1. The highest BCUT2D eigenvalue weighted by molar-refractivity contribution is 5.96. The summed E-state index contributed by atoms with van der Waals surface area (Å²) in [5, 5.41) is 10.3. The molecule has 0 spiro atoms. The number of amides is 1. The number of rotatable bonds is 5. The molecule has 11 heteroatoms. The predicted octanol–water partition coefficient (Wildman–Crippen LogP) is 2.20. The molecule has 0 bridgehead atoms. The van der Waals surface area contributed by atoms with Gasteiger partial charge in [0.15, 0.2) is 11.5 Å². The maximum atomic E-state index is 12.4. The van der Waals surface area contributed by atoms with E-state index in [1.807, 2.05) is 0 Å². The molecule has 0 fully saturated rings. The fourth-order valence-corrected chi connectivity index (χ4v) is 2.38. The molecular weight excluding hydrogens is 381 g/mol. The number of halogens is 3. The summed E-state index contributed by atoms with van der Waals surface area (Å²) >= 11 is 0. The minimum atomic E-state index is -4.82. The Labute approximate surface area is 155 Å². The van der Waals surface area contributed by atoms with Gasteiger partial charge in [-0.3, -0.25) is 14.0 Å². The normalized spacial score (nSPS) is 11.3. The zero-order valence-electron chi connectivity index (χ0n) is 14.4. The second-order valence-corrected chi connectivity index (χ2v) is 5.50. The SMILES string of the molecule is COC(=O)CNC(=O)c1ccc2nnc(-c3cccc(OC(F)(F)F)c3)n2c1. The van der Waals surface area contributed by atoms with Crippen LogP contribution in [0.2, 0.25) is 0 Å². The summed E-state index contributed by atoms with van der Waals surface area (Å²) in [6.07, 6.45) is -3.41. The number of hydrogen-bond acceptors (Lipinski definition) is 6. The molecule has 1 aromatic carbocycles. The van der Waals surface area contributed by atoms with Crippen LogP contribution in [-0.2, 0) is 9.53 Å². The second kappa shape index (κ2) is 7.55. The van der Waals surface area contributed by atoms with Crippen LogP contribution >= 0.6 is 0 Å². The summed E-state index contributed by atoms with van der Waals surface area (Å²) in [5.41, 5.74) is 0.878. The Morgan fingerprint density at radius 1 is 1.18 bits per heavy atom. The minimum Gasteiger partial charge on any atom is -0.468 e. The third-order valence-corrected chi connectivity index (χ3v) is 3.61. The average Bonchev–Trinajstić information content (AvgIpc) is 3.07. The number of carbonyl (C=O) groups excluding carboxylic acids is 2. The fourth-order valence-electron chi connectivity index (χ4n) is 2.38. The lowest BCUT2D eigenvalue weighted by molar-refractivity contribution is -0.274. The lowest BCUT2D eigenvalue weighted by Gasteiger charge is -2.09. The van der Waals surface area contributed by atoms with Crippen LogP contribution in [0, 0.1) is 0 Å². The molecule has 146 valence electrons. The number of nitrogens with one attached hydrogen (secondary N) is 1. The first-order chi connectivity index (χ1) is 13.3. The molecule has 2 heterocycles. The Bertz CT molecular complexity index is 1030. The van der Waals surface area contributed by atoms with E-state index in [-0.39, 0.29) is 17.9 Å². The van der Waals surface area contributed by atoms with Gasteiger partial charge < -0.3 is 14.8 Å². The number of methoxy groups -OCH3 is 1. The van der Waals surface area contributed by atoms with Crippen LogP contribution in [0.15, 0.2) is 42.6 Å². The van der Waals surface area contributed by atoms with Crippen molar-refractivity contribution in [3.63, 3.8) is 0 Å². The van der Waals surface area contributed by atoms with Crippen LogP contribution in [0.4, 0.5) is 13.2 Å². The number of esters is 1. The molecule has 0 saturated carbocycles. The van der Waals surface area contributed by atoms with Crippen molar-refractivity contribution in [3.05, 3.63) is 48.2 Å². The molecule has 28 heavy (non-hydrogen) atoms. The molecule has 2 aromatic heterocycles. The molecule has 1 amide bonds. The molecule has 0 radical (unpaired) electrons. The summed E-state index contributed by atoms with van der Waals surface area (Å²) in [5.74, 6) is -1.35. The highest BCUT2D eigenvalue weighted by atomic mass is 19.4. The van der Waals surface area contributed by atoms with Crippen LogP contribution < -0.4 is 10.1 Å². The van der Waals surface area contributed by atoms with E-state index in [0.717, 1.165) is 12.1 Å². The maximum Gasteiger partial charge on any atom is 0.573 e. The van der Waals surface area contributed by atoms with Gasteiger partial charge in [0.2, 0.25) is 0 Å². The first-order valence-electron chi connectivity index (χ1n) is 7.83. The van der Waals surface area contributed by atoms with Crippen molar-refractivity contribution >= 4 is 17.5 Å². The predicted molar refractivity (Wildman–Crippen MR) is 89.5 cm³/mol. The van der Waals surface area contributed by atoms with Crippen molar-refractivity contribution in [1.29, 1.82) is 0 Å². The van der Waals surface area contributed by atoms with Crippen molar-refractivity contribution in [1.82, 2.24) is 19.9 Å². The molecule has 0 aliphatic heterocycles. The van der Waals surface area contributed by atoms with Gasteiger partial charge in [-0.1, -0.05) is 12.1 Å². The monoisotopic (exact) mass is 394 g/mol. The molecule has 0 atom stereocenters. The van der Waals surface area contributed by atoms with Gasteiger partial charge in [-0.15, -0.1) is 23.4 Å². The van der Waals surface area contributed by atoms with Crippen molar-refractivity contribution in [2.24, 2.45) is 0 Å². The molecule has 0 aliphatic rings. The van der Waals surface area contributed by atoms with Gasteiger partial charge in [-0.25, -0.2) is 0 Å². The number of hydrogen-bond donors (Lipinski definition) is 1. The Morgan fingerprint density at radius 2 is 1.96 bits per heavy atom. The Hall–Kier alpha value is -3.63. The molecular formula is C17H13F3N4O4. The second-order valence-electron chi connectivity index (χ2n) is 5.50. The third kappa shape index (κ3) is 4.37. The highest BCUT2D eigenvalue weighted by Crippen LogP contribution is 2.27. The summed E-state index contributed by atoms with van der Waals surface area (Å²) in [6, 6.07) is 8.22. The lowest BCUT2D eigenvalue weighted by atomic mass is 10.2. The van der Waals surface area contributed by atoms with E-state index in [9.17, 15) is 22.8 Å². The number of nitrogens with zero attached hydrogens (tertiary/aromatic N) is 3. The highest BCUT2D eigenvalue weighted by Gasteiger charge is 2.31. The van der Waals surface area contributed by atoms with Crippen LogP contribution in [0.25, 0.3) is 17.0 Å². The summed E-state index contributed by atoms with van der Waals surface area (Å²) in [6.45, 7) is -0.306. The lowest BCUT2D eigenvalue weighted by Crippen LogP contribution is -2.30. The van der Waals surface area contributed by atoms with Gasteiger partial charge in [0.1, 0.15) is 12.3 Å². The fraction of sp³-hybridized carbons (Fsp3) is 0.176. The van der Waals surface area contributed by atoms with E-state index in [0.29, 0.717) is 11.2 Å². The molecule has 0 unspecified atom stereocenters. The van der Waals surface area contributed by atoms with E-state index in [4.69, 9.17) is 0 Å². The van der Waals surface area contributed by atoms with Crippen LogP contribution in [0.1, 0.15) is 10.4 Å². The van der Waals surface area contributed by atoms with Crippen molar-refractivity contribution in [2.75, 3.05) is 13.7 Å². The Kier molecular flexibility index (Phi) is 5.16. The molecule has 3 aromatic rings. The zero-order valence-corrected chi connectivity index (χ0v) is 14.4. The van der Waals surface area contributed by atoms with E-state index in [1.54, 1.807) is 0 Å². The number of ether oxygens (including phenoxy) is 2. The largest absolute Gasteiger partial charge is 0.573 e. The summed E-state index contributed by atoms with van der Waals surface area (Å²) in [7, 11) is 1.20. The van der Waals surface area contributed by atoms with Crippen LogP contribution in [0.5, 0.6) is 5.75 Å². The quantitative estimate of drug-likeness (QED) is 0.667. The van der Waals surface area contributed by atoms with Gasteiger partial charge in [0.25, 0.3) is 5.91 Å². The first-order valence-corrected chi connectivity index (χ1v) is 7.83. The number of carbonyl (C=O) groups is 2. The molecule has 8 nitrogen and oxygen atoms in total. The maximum absolute atomic E-state index is 12.4. The molecule has 3 rings (SSSR count). The zero-order chi connectivity index (χ0) is 20.3. The topological polar surface area (TPSA) is 94.8 Å². The van der Waals surface area contributed by atoms with Gasteiger partial charge in [-0.2, -0.15) is 0 Å².